The maximum Gasteiger partial charge on any atom is 0.303 e. The van der Waals surface area contributed by atoms with Crippen LogP contribution in [0.15, 0.2) is 77.9 Å². The number of aliphatic imine (C=N–C) groups is 1. The zero-order valence-electron chi connectivity index (χ0n) is 57.5. The summed E-state index contributed by atoms with van der Waals surface area (Å²) >= 11 is 6.62. The molecule has 6 rings (SSSR count). The van der Waals surface area contributed by atoms with Crippen LogP contribution in [-0.2, 0) is 86.4 Å². The molecule has 0 bridgehead atoms. The molecule has 38 heteroatoms. The SMILES string of the molecule is CC(C)[C@@H]1NC(=O)[C@@H](NC(=O)[C@H](Cc2ccc(O)cc2)NC(=O)[C@@H]2CCCN2C(=O)CCN)CSSC[C@@H](C(N)=O)NC(=O)[C@H](CCC(=O)O)NC(=O)[C@H](Cc2c[nH]c3ccc(F)cc23)NC(=O)[C@H](CCC(=O)O)NC(=O)CCNC(=O)[C@H](CCCN=C(N)N)NC(=O)[C@H](Cc2ccccc2Cl)NC1=O. The molecule has 0 unspecified atom stereocenters. The van der Waals surface area contributed by atoms with Crippen molar-refractivity contribution in [2.75, 3.05) is 37.7 Å². The Kier molecular flexibility index (Phi) is 32.9. The summed E-state index contributed by atoms with van der Waals surface area (Å²) in [5.41, 5.74) is 24.0. The van der Waals surface area contributed by atoms with Crippen molar-refractivity contribution in [1.29, 1.82) is 0 Å². The molecule has 570 valence electrons. The van der Waals surface area contributed by atoms with Gasteiger partial charge in [0, 0.05) is 105 Å². The van der Waals surface area contributed by atoms with Crippen LogP contribution in [0.3, 0.4) is 0 Å². The summed E-state index contributed by atoms with van der Waals surface area (Å²) in [4.78, 5) is 204. The number of H-pyrrole nitrogens is 1. The summed E-state index contributed by atoms with van der Waals surface area (Å²) in [5, 5.41) is 55.7. The topological polar surface area (TPSA) is 555 Å². The number of phenolic OH excluding ortho intramolecular Hbond substituents is 1. The molecule has 2 fully saturated rings. The van der Waals surface area contributed by atoms with E-state index in [1.54, 1.807) is 32.0 Å². The van der Waals surface area contributed by atoms with Gasteiger partial charge in [0.15, 0.2) is 5.96 Å². The van der Waals surface area contributed by atoms with Crippen LogP contribution in [-0.4, -0.2) is 212 Å². The molecule has 4 aromatic rings. The van der Waals surface area contributed by atoms with E-state index in [0.717, 1.165) is 33.7 Å². The number of hydrogen-bond donors (Lipinski definition) is 18. The molecule has 3 heterocycles. The number of rotatable bonds is 24. The predicted octanol–water partition coefficient (Wildman–Crippen LogP) is -1.78. The molecular formula is C67H89ClFN17O17S2. The van der Waals surface area contributed by atoms with Crippen LogP contribution in [0.4, 0.5) is 4.39 Å². The Labute approximate surface area is 615 Å². The van der Waals surface area contributed by atoms with Crippen molar-refractivity contribution >= 4 is 133 Å². The molecule has 3 aromatic carbocycles. The number of benzene rings is 3. The Balaban J connectivity index is 1.42. The molecule has 0 spiro atoms. The summed E-state index contributed by atoms with van der Waals surface area (Å²) in [5.74, 6) is -17.1. The highest BCUT2D eigenvalue weighted by Crippen LogP contribution is 2.26. The Hall–Kier alpha value is -10.3. The van der Waals surface area contributed by atoms with E-state index in [4.69, 9.17) is 34.5 Å². The van der Waals surface area contributed by atoms with Crippen LogP contribution in [0.2, 0.25) is 5.02 Å². The Morgan fingerprint density at radius 1 is 0.705 bits per heavy atom. The van der Waals surface area contributed by atoms with Crippen LogP contribution in [0.25, 0.3) is 10.9 Å². The van der Waals surface area contributed by atoms with E-state index in [2.05, 4.69) is 63.1 Å². The van der Waals surface area contributed by atoms with Gasteiger partial charge in [-0.15, -0.1) is 0 Å². The van der Waals surface area contributed by atoms with Gasteiger partial charge in [-0.2, -0.15) is 0 Å². The Morgan fingerprint density at radius 3 is 1.93 bits per heavy atom. The first-order valence-electron chi connectivity index (χ1n) is 33.7. The highest BCUT2D eigenvalue weighted by atomic mass is 35.5. The lowest BCUT2D eigenvalue weighted by molar-refractivity contribution is -0.139. The smallest absolute Gasteiger partial charge is 0.303 e. The molecule has 22 N–H and O–H groups in total. The second-order valence-corrected chi connectivity index (χ2v) is 28.2. The number of guanidine groups is 1. The number of aliphatic carboxylic acids is 2. The zero-order valence-corrected chi connectivity index (χ0v) is 59.9. The third kappa shape index (κ3) is 26.7. The van der Waals surface area contributed by atoms with Gasteiger partial charge in [0.25, 0.3) is 0 Å². The first-order valence-corrected chi connectivity index (χ1v) is 36.6. The molecule has 1 aromatic heterocycles. The maximum absolute atomic E-state index is 15.0. The van der Waals surface area contributed by atoms with Crippen molar-refractivity contribution in [3.63, 3.8) is 0 Å². The number of nitrogens with two attached hydrogens (primary N) is 4. The second-order valence-electron chi connectivity index (χ2n) is 25.3. The summed E-state index contributed by atoms with van der Waals surface area (Å²) in [6, 6.07) is -0.139. The summed E-state index contributed by atoms with van der Waals surface area (Å²) in [7, 11) is 1.64. The monoisotopic (exact) mass is 1520 g/mol. The normalized spacial score (nSPS) is 22.1. The summed E-state index contributed by atoms with van der Waals surface area (Å²) < 4.78 is 14.8. The van der Waals surface area contributed by atoms with Crippen LogP contribution in [0.1, 0.15) is 94.7 Å². The minimum absolute atomic E-state index is 0.000595. The minimum Gasteiger partial charge on any atom is -0.508 e. The highest BCUT2D eigenvalue weighted by Gasteiger charge is 2.39. The number of carboxylic acid groups (broad SMARTS) is 2. The average molecular weight is 1520 g/mol. The lowest BCUT2D eigenvalue weighted by Gasteiger charge is -2.29. The van der Waals surface area contributed by atoms with Crippen molar-refractivity contribution in [2.45, 2.75) is 158 Å². The summed E-state index contributed by atoms with van der Waals surface area (Å²) in [6.07, 6.45) is -2.48. The number of nitrogens with zero attached hydrogens (tertiary/aromatic N) is 2. The molecule has 10 atom stereocenters. The Morgan fingerprint density at radius 2 is 1.30 bits per heavy atom. The second kappa shape index (κ2) is 41.3. The first-order chi connectivity index (χ1) is 49.9. The number of carbonyl (C=O) groups excluding carboxylic acids is 12. The fourth-order valence-electron chi connectivity index (χ4n) is 11.3. The number of primary amides is 1. The molecule has 2 saturated heterocycles. The van der Waals surface area contributed by atoms with E-state index >= 15 is 4.79 Å². The largest absolute Gasteiger partial charge is 0.508 e. The lowest BCUT2D eigenvalue weighted by atomic mass is 10.00. The van der Waals surface area contributed by atoms with E-state index < -0.39 is 212 Å². The molecule has 0 saturated carbocycles. The number of hydrogen-bond acceptors (Lipinski definition) is 19. The minimum atomic E-state index is -1.82. The number of phenols is 1. The number of carboxylic acids is 2. The number of likely N-dealkylation sites (tertiary alicyclic amines) is 1. The van der Waals surface area contributed by atoms with Crippen molar-refractivity contribution in [3.8, 4) is 5.75 Å². The molecule has 105 heavy (non-hydrogen) atoms. The average Bonchev–Trinajstić information content (AvgIpc) is 1.70. The van der Waals surface area contributed by atoms with Gasteiger partial charge in [0.1, 0.15) is 72.0 Å². The van der Waals surface area contributed by atoms with Gasteiger partial charge in [-0.25, -0.2) is 4.39 Å². The van der Waals surface area contributed by atoms with Gasteiger partial charge in [0.05, 0.1) is 0 Å². The standard InChI is InChI=1S/C67H89ClFN17O17S2/c1-34(2)56-66(103)82-47(28-36-7-3-4-8-41(36)68)62(99)78-43(9-5-24-75-67(72)73)58(95)74-25-22-52(88)77-44(17-19-54(90)91)59(96)80-48(29-37-31-76-42-16-13-38(69)30-40(37)42)63(100)79-45(18-20-55(92)93)60(97)83-49(57(71)94)32-104-105-33-50(64(101)85-56)84-61(98)46(27-35-11-14-39(87)15-12-35)81-65(102)51-10-6-26-86(51)53(89)21-23-70/h3-4,7-8,11-16,30-31,34,43-51,56,76,87H,5-6,9-10,17-29,32-33,70H2,1-2H3,(H2,71,94)(H,74,95)(H,77,88)(H,78,99)(H,79,100)(H,80,96)(H,81,102)(H,82,103)(H,83,97)(H,84,98)(H,85,101)(H,90,91)(H,92,93)(H4,72,73,75)/t43-,44-,45-,46-,47-,48-,49-,50-,51-,56-/m0/s1. The fraction of sp³-hybridized carbons (Fsp3) is 0.478. The van der Waals surface area contributed by atoms with Gasteiger partial charge in [0.2, 0.25) is 70.9 Å². The van der Waals surface area contributed by atoms with Gasteiger partial charge in [-0.3, -0.25) is 72.1 Å². The molecule has 34 nitrogen and oxygen atoms in total. The number of aromatic hydroxyl groups is 1. The number of aromatic amines is 1. The van der Waals surface area contributed by atoms with Crippen LogP contribution in [0, 0.1) is 11.7 Å². The predicted molar refractivity (Wildman–Crippen MR) is 385 cm³/mol. The number of carbonyl (C=O) groups is 14. The molecule has 12 amide bonds. The van der Waals surface area contributed by atoms with Gasteiger partial charge in [-0.1, -0.05) is 77.4 Å². The van der Waals surface area contributed by atoms with E-state index in [1.165, 1.54) is 47.5 Å². The quantitative estimate of drug-likeness (QED) is 0.0160. The van der Waals surface area contributed by atoms with Crippen molar-refractivity contribution < 1.29 is 86.8 Å². The van der Waals surface area contributed by atoms with Crippen molar-refractivity contribution in [1.82, 2.24) is 63.1 Å². The summed E-state index contributed by atoms with van der Waals surface area (Å²) in [6.45, 7) is 2.80. The molecule has 0 aliphatic carbocycles. The molecule has 2 aliphatic rings. The van der Waals surface area contributed by atoms with E-state index in [9.17, 15) is 82.0 Å². The van der Waals surface area contributed by atoms with Crippen LogP contribution < -0.4 is 76.1 Å². The van der Waals surface area contributed by atoms with Crippen LogP contribution >= 0.6 is 33.2 Å². The molecule has 2 aliphatic heterocycles. The van der Waals surface area contributed by atoms with Crippen LogP contribution in [0.5, 0.6) is 5.75 Å². The lowest BCUT2D eigenvalue weighted by Crippen LogP contribution is -2.61. The first kappa shape index (κ1) is 83.7. The Bertz CT molecular complexity index is 3830. The third-order valence-corrected chi connectivity index (χ3v) is 19.7. The number of fused-ring (bicyclic) bond motifs is 1. The number of amides is 12. The number of halogens is 2. The number of nitrogens with one attached hydrogen (secondary N) is 11. The van der Waals surface area contributed by atoms with Crippen molar-refractivity contribution in [2.24, 2.45) is 33.8 Å². The molecule has 0 radical (unpaired) electrons. The molecular weight excluding hydrogens is 1430 g/mol. The van der Waals surface area contributed by atoms with Crippen molar-refractivity contribution in [3.05, 3.63) is 100 Å². The maximum atomic E-state index is 15.0. The van der Waals surface area contributed by atoms with E-state index in [-0.39, 0.29) is 85.8 Å². The van der Waals surface area contributed by atoms with E-state index in [0.29, 0.717) is 23.1 Å². The fourth-order valence-corrected chi connectivity index (χ4v) is 13.9. The zero-order chi connectivity index (χ0) is 77.0. The van der Waals surface area contributed by atoms with E-state index in [1.807, 2.05) is 0 Å². The highest BCUT2D eigenvalue weighted by molar-refractivity contribution is 8.76. The van der Waals surface area contributed by atoms with Gasteiger partial charge in [-0.05, 0) is 97.5 Å². The third-order valence-electron chi connectivity index (χ3n) is 16.9. The van der Waals surface area contributed by atoms with Gasteiger partial charge < -0.3 is 101 Å². The van der Waals surface area contributed by atoms with Gasteiger partial charge >= 0.3 is 11.9 Å². The number of aromatic nitrogens is 1.